The van der Waals surface area contributed by atoms with Crippen LogP contribution in [0.4, 0.5) is 4.79 Å². The van der Waals surface area contributed by atoms with E-state index in [-0.39, 0.29) is 18.8 Å². The number of aliphatic hydroxyl groups excluding tert-OH is 1. The first-order valence-corrected chi connectivity index (χ1v) is 5.90. The van der Waals surface area contributed by atoms with Gasteiger partial charge in [-0.3, -0.25) is 4.57 Å². The molecule has 0 radical (unpaired) electrons. The number of hydrogen-bond acceptors (Lipinski definition) is 5. The number of fused-ring (bicyclic) bond motifs is 1. The molecule has 0 fully saturated rings. The standard InChI is InChI=1S/C11H17N3O5/c1-11(2,3)19-9(17)12-14-8(16)7-4-6(15)5-13(7)10(14)18/h6,15-16H,4-5H2,1-3H3,(H,12,17)/t6-/m1/s1. The average molecular weight is 271 g/mol. The Kier molecular flexibility index (Phi) is 3.05. The monoisotopic (exact) mass is 271 g/mol. The van der Waals surface area contributed by atoms with Crippen LogP contribution in [0.15, 0.2) is 4.79 Å². The summed E-state index contributed by atoms with van der Waals surface area (Å²) in [6.07, 6.45) is -1.36. The number of aliphatic hydroxyl groups is 1. The van der Waals surface area contributed by atoms with E-state index in [1.165, 1.54) is 4.57 Å². The zero-order valence-corrected chi connectivity index (χ0v) is 11.0. The Morgan fingerprint density at radius 1 is 1.47 bits per heavy atom. The molecule has 1 atom stereocenters. The van der Waals surface area contributed by atoms with Crippen LogP contribution in [0.25, 0.3) is 0 Å². The summed E-state index contributed by atoms with van der Waals surface area (Å²) in [6.45, 7) is 5.16. The number of nitrogens with one attached hydrogen (secondary N) is 1. The molecule has 19 heavy (non-hydrogen) atoms. The van der Waals surface area contributed by atoms with E-state index in [0.717, 1.165) is 4.68 Å². The van der Waals surface area contributed by atoms with Crippen LogP contribution in [-0.4, -0.2) is 37.3 Å². The van der Waals surface area contributed by atoms with Crippen molar-refractivity contribution in [3.8, 4) is 5.88 Å². The molecule has 8 heteroatoms. The van der Waals surface area contributed by atoms with E-state index in [4.69, 9.17) is 4.74 Å². The third-order valence-corrected chi connectivity index (χ3v) is 2.64. The van der Waals surface area contributed by atoms with Gasteiger partial charge in [-0.2, -0.15) is 4.68 Å². The van der Waals surface area contributed by atoms with Gasteiger partial charge >= 0.3 is 11.8 Å². The number of nitrogens with zero attached hydrogens (tertiary/aromatic N) is 2. The maximum atomic E-state index is 11.9. The van der Waals surface area contributed by atoms with Crippen LogP contribution >= 0.6 is 0 Å². The topological polar surface area (TPSA) is 106 Å². The van der Waals surface area contributed by atoms with Crippen LogP contribution in [0.2, 0.25) is 0 Å². The zero-order chi connectivity index (χ0) is 14.4. The number of amides is 1. The van der Waals surface area contributed by atoms with E-state index < -0.39 is 23.5 Å². The van der Waals surface area contributed by atoms with Gasteiger partial charge in [-0.15, -0.1) is 0 Å². The highest BCUT2D eigenvalue weighted by Crippen LogP contribution is 2.22. The molecule has 106 valence electrons. The Morgan fingerprint density at radius 2 is 2.11 bits per heavy atom. The van der Waals surface area contributed by atoms with Crippen LogP contribution in [0.1, 0.15) is 26.5 Å². The molecule has 2 heterocycles. The summed E-state index contributed by atoms with van der Waals surface area (Å²) < 4.78 is 6.93. The SMILES string of the molecule is CC(C)(C)OC(=O)Nn1c(O)c2n(c1=O)C[C@H](O)C2. The van der Waals surface area contributed by atoms with Gasteiger partial charge in [0.15, 0.2) is 0 Å². The van der Waals surface area contributed by atoms with Gasteiger partial charge in [0.1, 0.15) is 5.60 Å². The van der Waals surface area contributed by atoms with E-state index in [2.05, 4.69) is 5.43 Å². The molecule has 0 aromatic carbocycles. The highest BCUT2D eigenvalue weighted by molar-refractivity contribution is 5.76. The third-order valence-electron chi connectivity index (χ3n) is 2.64. The van der Waals surface area contributed by atoms with Gasteiger partial charge in [-0.25, -0.2) is 15.0 Å². The van der Waals surface area contributed by atoms with Gasteiger partial charge in [0, 0.05) is 6.42 Å². The first-order chi connectivity index (χ1) is 8.69. The van der Waals surface area contributed by atoms with Gasteiger partial charge in [-0.1, -0.05) is 0 Å². The van der Waals surface area contributed by atoms with Crippen LogP contribution in [0, 0.1) is 0 Å². The number of carbonyl (C=O) groups is 1. The van der Waals surface area contributed by atoms with Crippen molar-refractivity contribution in [3.05, 3.63) is 16.2 Å². The fourth-order valence-corrected chi connectivity index (χ4v) is 1.96. The van der Waals surface area contributed by atoms with Crippen molar-refractivity contribution in [3.63, 3.8) is 0 Å². The molecular weight excluding hydrogens is 254 g/mol. The molecule has 0 saturated carbocycles. The Balaban J connectivity index is 2.22. The van der Waals surface area contributed by atoms with Gasteiger partial charge in [-0.05, 0) is 20.8 Å². The number of aromatic nitrogens is 2. The van der Waals surface area contributed by atoms with Crippen LogP contribution in [0.5, 0.6) is 5.88 Å². The number of aromatic hydroxyl groups is 1. The first-order valence-electron chi connectivity index (χ1n) is 5.90. The normalized spacial score (nSPS) is 18.2. The van der Waals surface area contributed by atoms with Crippen molar-refractivity contribution in [2.45, 2.75) is 45.4 Å². The lowest BCUT2D eigenvalue weighted by atomic mass is 10.2. The summed E-state index contributed by atoms with van der Waals surface area (Å²) in [5, 5.41) is 19.3. The molecular formula is C11H17N3O5. The minimum Gasteiger partial charge on any atom is -0.492 e. The van der Waals surface area contributed by atoms with E-state index in [1.54, 1.807) is 20.8 Å². The van der Waals surface area contributed by atoms with Gasteiger partial charge in [0.05, 0.1) is 18.3 Å². The first kappa shape index (κ1) is 13.5. The second-order valence-corrected chi connectivity index (χ2v) is 5.47. The number of ether oxygens (including phenoxy) is 1. The van der Waals surface area contributed by atoms with Crippen molar-refractivity contribution < 1.29 is 19.7 Å². The summed E-state index contributed by atoms with van der Waals surface area (Å²) in [5.41, 5.74) is 1.15. The van der Waals surface area contributed by atoms with Gasteiger partial charge in [0.2, 0.25) is 5.88 Å². The molecule has 3 N–H and O–H groups in total. The Hall–Kier alpha value is -1.96. The van der Waals surface area contributed by atoms with Crippen molar-refractivity contribution in [1.82, 2.24) is 9.24 Å². The van der Waals surface area contributed by atoms with Crippen molar-refractivity contribution in [1.29, 1.82) is 0 Å². The number of imidazole rings is 1. The molecule has 0 saturated heterocycles. The average Bonchev–Trinajstić information content (AvgIpc) is 2.71. The number of hydrogen-bond donors (Lipinski definition) is 3. The number of carbonyl (C=O) groups excluding carboxylic acids is 1. The molecule has 1 aromatic rings. The molecule has 0 unspecified atom stereocenters. The van der Waals surface area contributed by atoms with E-state index >= 15 is 0 Å². The third kappa shape index (κ3) is 2.58. The molecule has 0 aliphatic carbocycles. The Morgan fingerprint density at radius 3 is 2.63 bits per heavy atom. The summed E-state index contributed by atoms with van der Waals surface area (Å²) >= 11 is 0. The van der Waals surface area contributed by atoms with E-state index in [9.17, 15) is 19.8 Å². The predicted molar refractivity (Wildman–Crippen MR) is 65.7 cm³/mol. The minimum absolute atomic E-state index is 0.102. The maximum absolute atomic E-state index is 11.9. The van der Waals surface area contributed by atoms with Crippen LogP contribution in [-0.2, 0) is 17.7 Å². The molecule has 0 spiro atoms. The van der Waals surface area contributed by atoms with Crippen molar-refractivity contribution in [2.24, 2.45) is 0 Å². The summed E-state index contributed by atoms with van der Waals surface area (Å²) in [7, 11) is 0. The largest absolute Gasteiger partial charge is 0.492 e. The second-order valence-electron chi connectivity index (χ2n) is 5.47. The molecule has 1 aromatic heterocycles. The highest BCUT2D eigenvalue weighted by Gasteiger charge is 2.30. The summed E-state index contributed by atoms with van der Waals surface area (Å²) in [5.74, 6) is -0.382. The highest BCUT2D eigenvalue weighted by atomic mass is 16.6. The fraction of sp³-hybridized carbons (Fsp3) is 0.636. The Labute approximate surface area is 109 Å². The summed E-state index contributed by atoms with van der Waals surface area (Å²) in [6, 6.07) is 0. The lowest BCUT2D eigenvalue weighted by Crippen LogP contribution is -2.37. The number of rotatable bonds is 1. The molecule has 1 amide bonds. The van der Waals surface area contributed by atoms with Crippen molar-refractivity contribution >= 4 is 6.09 Å². The molecule has 8 nitrogen and oxygen atoms in total. The molecule has 2 rings (SSSR count). The predicted octanol–water partition coefficient (Wildman–Crippen LogP) is -0.249. The van der Waals surface area contributed by atoms with Crippen molar-refractivity contribution in [2.75, 3.05) is 5.43 Å². The fourth-order valence-electron chi connectivity index (χ4n) is 1.96. The Bertz CT molecular complexity index is 566. The lowest BCUT2D eigenvalue weighted by Gasteiger charge is -2.19. The smallest absolute Gasteiger partial charge is 0.427 e. The van der Waals surface area contributed by atoms with Crippen LogP contribution < -0.4 is 11.1 Å². The minimum atomic E-state index is -0.838. The van der Waals surface area contributed by atoms with Gasteiger partial charge in [0.25, 0.3) is 0 Å². The quantitative estimate of drug-likeness (QED) is 0.653. The van der Waals surface area contributed by atoms with Gasteiger partial charge < -0.3 is 14.9 Å². The maximum Gasteiger partial charge on any atom is 0.427 e. The second kappa shape index (κ2) is 4.30. The van der Waals surface area contributed by atoms with E-state index in [0.29, 0.717) is 5.69 Å². The molecule has 0 bridgehead atoms. The van der Waals surface area contributed by atoms with E-state index in [1.807, 2.05) is 0 Å². The van der Waals surface area contributed by atoms with Crippen LogP contribution in [0.3, 0.4) is 0 Å². The molecule has 1 aliphatic rings. The zero-order valence-electron chi connectivity index (χ0n) is 11.0. The summed E-state index contributed by atoms with van der Waals surface area (Å²) in [4.78, 5) is 23.5. The molecule has 1 aliphatic heterocycles. The lowest BCUT2D eigenvalue weighted by molar-refractivity contribution is 0.0609.